The molecule has 2 heteroatoms. The molecule has 0 spiro atoms. The molecular weight excluding hydrogens is 224 g/mol. The summed E-state index contributed by atoms with van der Waals surface area (Å²) in [5.74, 6) is 0.554. The average Bonchev–Trinajstić information content (AvgIpc) is 2.38. The first-order valence-corrected chi connectivity index (χ1v) is 6.30. The van der Waals surface area contributed by atoms with Crippen molar-refractivity contribution in [1.29, 1.82) is 0 Å². The first-order valence-electron chi connectivity index (χ1n) is 6.30. The van der Waals surface area contributed by atoms with Gasteiger partial charge in [-0.05, 0) is 41.7 Å². The number of phenolic OH excluding ortho intramolecular Hbond substituents is 2. The maximum Gasteiger partial charge on any atom is 0.123 e. The maximum atomic E-state index is 10.0. The Balaban J connectivity index is 2.58. The lowest BCUT2D eigenvalue weighted by atomic mass is 9.95. The molecule has 2 nitrogen and oxygen atoms in total. The van der Waals surface area contributed by atoms with E-state index in [1.165, 1.54) is 0 Å². The summed E-state index contributed by atoms with van der Waals surface area (Å²) in [5, 5.41) is 19.9. The first-order chi connectivity index (χ1) is 8.67. The third kappa shape index (κ3) is 2.19. The van der Waals surface area contributed by atoms with Gasteiger partial charge in [-0.3, -0.25) is 0 Å². The molecule has 0 aliphatic carbocycles. The molecule has 0 saturated heterocycles. The van der Waals surface area contributed by atoms with E-state index in [0.717, 1.165) is 35.1 Å². The molecule has 0 amide bonds. The van der Waals surface area contributed by atoms with Gasteiger partial charge in [-0.15, -0.1) is 0 Å². The number of rotatable bonds is 3. The summed E-state index contributed by atoms with van der Waals surface area (Å²) in [6, 6.07) is 11.1. The van der Waals surface area contributed by atoms with E-state index in [9.17, 15) is 10.2 Å². The lowest BCUT2D eigenvalue weighted by Crippen LogP contribution is -1.90. The quantitative estimate of drug-likeness (QED) is 0.857. The van der Waals surface area contributed by atoms with Crippen molar-refractivity contribution in [3.05, 3.63) is 47.5 Å². The van der Waals surface area contributed by atoms with Crippen LogP contribution in [0.4, 0.5) is 0 Å². The highest BCUT2D eigenvalue weighted by Crippen LogP contribution is 2.35. The number of aryl methyl sites for hydroxylation is 2. The Labute approximate surface area is 108 Å². The second kappa shape index (κ2) is 5.13. The molecule has 0 saturated carbocycles. The number of benzene rings is 2. The third-order valence-electron chi connectivity index (χ3n) is 3.26. The van der Waals surface area contributed by atoms with Gasteiger partial charge >= 0.3 is 0 Å². The van der Waals surface area contributed by atoms with E-state index in [4.69, 9.17) is 0 Å². The Kier molecular flexibility index (Phi) is 3.56. The van der Waals surface area contributed by atoms with Crippen LogP contribution in [0.15, 0.2) is 36.4 Å². The SMILES string of the molecule is CCc1ccc(-c2c(O)cccc2CC)cc1O. The molecule has 0 atom stereocenters. The molecular formula is C16H18O2. The molecule has 2 N–H and O–H groups in total. The van der Waals surface area contributed by atoms with E-state index in [2.05, 4.69) is 6.92 Å². The van der Waals surface area contributed by atoms with Crippen LogP contribution >= 0.6 is 0 Å². The normalized spacial score (nSPS) is 10.6. The van der Waals surface area contributed by atoms with Gasteiger partial charge < -0.3 is 10.2 Å². The molecule has 0 fully saturated rings. The van der Waals surface area contributed by atoms with Gasteiger partial charge in [0.2, 0.25) is 0 Å². The molecule has 0 aliphatic rings. The van der Waals surface area contributed by atoms with Gasteiger partial charge in [0.1, 0.15) is 11.5 Å². The Morgan fingerprint density at radius 3 is 2.17 bits per heavy atom. The fourth-order valence-electron chi connectivity index (χ4n) is 2.23. The van der Waals surface area contributed by atoms with Gasteiger partial charge in [-0.25, -0.2) is 0 Å². The standard InChI is InChI=1S/C16H18O2/c1-3-11-8-9-13(10-15(11)18)16-12(4-2)6-5-7-14(16)17/h5-10,17-18H,3-4H2,1-2H3. The number of aromatic hydroxyl groups is 2. The van der Waals surface area contributed by atoms with Crippen LogP contribution < -0.4 is 0 Å². The van der Waals surface area contributed by atoms with Crippen molar-refractivity contribution in [1.82, 2.24) is 0 Å². The van der Waals surface area contributed by atoms with Crippen molar-refractivity contribution in [3.63, 3.8) is 0 Å². The van der Waals surface area contributed by atoms with Crippen molar-refractivity contribution >= 4 is 0 Å². The van der Waals surface area contributed by atoms with Crippen molar-refractivity contribution < 1.29 is 10.2 Å². The van der Waals surface area contributed by atoms with E-state index in [1.807, 2.05) is 31.2 Å². The zero-order valence-corrected chi connectivity index (χ0v) is 10.8. The van der Waals surface area contributed by atoms with Gasteiger partial charge in [0, 0.05) is 5.56 Å². The summed E-state index contributed by atoms with van der Waals surface area (Å²) >= 11 is 0. The molecule has 0 aliphatic heterocycles. The van der Waals surface area contributed by atoms with Gasteiger partial charge in [0.15, 0.2) is 0 Å². The summed E-state index contributed by atoms with van der Waals surface area (Å²) in [6.07, 6.45) is 1.65. The average molecular weight is 242 g/mol. The molecule has 0 aromatic heterocycles. The fraction of sp³-hybridized carbons (Fsp3) is 0.250. The predicted molar refractivity (Wildman–Crippen MR) is 74.0 cm³/mol. The Morgan fingerprint density at radius 1 is 0.833 bits per heavy atom. The van der Waals surface area contributed by atoms with Crippen LogP contribution in [0.1, 0.15) is 25.0 Å². The molecule has 0 heterocycles. The second-order valence-electron chi connectivity index (χ2n) is 4.36. The monoisotopic (exact) mass is 242 g/mol. The van der Waals surface area contributed by atoms with Crippen molar-refractivity contribution in [2.24, 2.45) is 0 Å². The van der Waals surface area contributed by atoms with Crippen LogP contribution in [-0.4, -0.2) is 10.2 Å². The number of phenols is 2. The lowest BCUT2D eigenvalue weighted by molar-refractivity contribution is 0.468. The van der Waals surface area contributed by atoms with Gasteiger partial charge in [0.05, 0.1) is 0 Å². The Bertz CT molecular complexity index is 559. The molecule has 18 heavy (non-hydrogen) atoms. The lowest BCUT2D eigenvalue weighted by Gasteiger charge is -2.12. The smallest absolute Gasteiger partial charge is 0.123 e. The third-order valence-corrected chi connectivity index (χ3v) is 3.26. The van der Waals surface area contributed by atoms with Gasteiger partial charge in [-0.1, -0.05) is 38.1 Å². The largest absolute Gasteiger partial charge is 0.508 e. The van der Waals surface area contributed by atoms with Crippen LogP contribution in [0.5, 0.6) is 11.5 Å². The van der Waals surface area contributed by atoms with E-state index < -0.39 is 0 Å². The number of hydrogen-bond donors (Lipinski definition) is 2. The van der Waals surface area contributed by atoms with E-state index in [-0.39, 0.29) is 5.75 Å². The van der Waals surface area contributed by atoms with Crippen LogP contribution in [0, 0.1) is 0 Å². The summed E-state index contributed by atoms with van der Waals surface area (Å²) in [6.45, 7) is 4.06. The van der Waals surface area contributed by atoms with E-state index in [0.29, 0.717) is 5.75 Å². The fourth-order valence-corrected chi connectivity index (χ4v) is 2.23. The summed E-state index contributed by atoms with van der Waals surface area (Å²) in [5.41, 5.74) is 3.68. The zero-order chi connectivity index (χ0) is 13.1. The van der Waals surface area contributed by atoms with Crippen LogP contribution in [0.3, 0.4) is 0 Å². The van der Waals surface area contributed by atoms with Crippen molar-refractivity contribution in [2.45, 2.75) is 26.7 Å². The zero-order valence-electron chi connectivity index (χ0n) is 10.8. The minimum Gasteiger partial charge on any atom is -0.508 e. The first kappa shape index (κ1) is 12.5. The van der Waals surface area contributed by atoms with Crippen LogP contribution in [-0.2, 0) is 12.8 Å². The highest BCUT2D eigenvalue weighted by atomic mass is 16.3. The minimum absolute atomic E-state index is 0.262. The molecule has 0 bridgehead atoms. The van der Waals surface area contributed by atoms with E-state index in [1.54, 1.807) is 12.1 Å². The molecule has 2 aromatic rings. The highest BCUT2D eigenvalue weighted by Gasteiger charge is 2.10. The second-order valence-corrected chi connectivity index (χ2v) is 4.36. The minimum atomic E-state index is 0.262. The summed E-state index contributed by atoms with van der Waals surface area (Å²) in [7, 11) is 0. The maximum absolute atomic E-state index is 10.0. The molecule has 2 aromatic carbocycles. The van der Waals surface area contributed by atoms with E-state index >= 15 is 0 Å². The van der Waals surface area contributed by atoms with Gasteiger partial charge in [0.25, 0.3) is 0 Å². The van der Waals surface area contributed by atoms with Crippen LogP contribution in [0.25, 0.3) is 11.1 Å². The number of hydrogen-bond acceptors (Lipinski definition) is 2. The van der Waals surface area contributed by atoms with Gasteiger partial charge in [-0.2, -0.15) is 0 Å². The summed E-state index contributed by atoms with van der Waals surface area (Å²) in [4.78, 5) is 0. The topological polar surface area (TPSA) is 40.5 Å². The van der Waals surface area contributed by atoms with Crippen LogP contribution in [0.2, 0.25) is 0 Å². The summed E-state index contributed by atoms with van der Waals surface area (Å²) < 4.78 is 0. The Morgan fingerprint density at radius 2 is 1.56 bits per heavy atom. The molecule has 0 radical (unpaired) electrons. The Hall–Kier alpha value is -1.96. The van der Waals surface area contributed by atoms with Crippen molar-refractivity contribution in [2.75, 3.05) is 0 Å². The highest BCUT2D eigenvalue weighted by molar-refractivity contribution is 5.75. The van der Waals surface area contributed by atoms with Crippen molar-refractivity contribution in [3.8, 4) is 22.6 Å². The molecule has 0 unspecified atom stereocenters. The predicted octanol–water partition coefficient (Wildman–Crippen LogP) is 3.89. The molecule has 2 rings (SSSR count). The molecule has 94 valence electrons.